The van der Waals surface area contributed by atoms with Crippen molar-refractivity contribution in [3.8, 4) is 5.75 Å². The Bertz CT molecular complexity index is 903. The molecule has 1 aliphatic rings. The summed E-state index contributed by atoms with van der Waals surface area (Å²) in [5, 5.41) is 3.47. The average molecular weight is 444 g/mol. The number of esters is 1. The van der Waals surface area contributed by atoms with Crippen LogP contribution in [0.3, 0.4) is 0 Å². The molecule has 0 fully saturated rings. The third-order valence-corrected chi connectivity index (χ3v) is 6.95. The number of benzene rings is 1. The average Bonchev–Trinajstić information content (AvgIpc) is 3.09. The van der Waals surface area contributed by atoms with Gasteiger partial charge in [-0.15, -0.1) is 11.3 Å². The van der Waals surface area contributed by atoms with Crippen molar-refractivity contribution in [3.63, 3.8) is 0 Å². The first-order valence-electron chi connectivity index (χ1n) is 11.3. The Hall–Kier alpha value is -2.34. The highest BCUT2D eigenvalue weighted by molar-refractivity contribution is 7.17. The van der Waals surface area contributed by atoms with Gasteiger partial charge in [0.05, 0.1) is 12.2 Å². The van der Waals surface area contributed by atoms with Gasteiger partial charge in [0.15, 0.2) is 6.61 Å². The highest BCUT2D eigenvalue weighted by Crippen LogP contribution is 2.40. The predicted octanol–water partition coefficient (Wildman–Crippen LogP) is 5.97. The molecule has 2 atom stereocenters. The fourth-order valence-electron chi connectivity index (χ4n) is 4.06. The number of amides is 1. The van der Waals surface area contributed by atoms with Gasteiger partial charge in [-0.05, 0) is 67.7 Å². The Morgan fingerprint density at radius 3 is 2.65 bits per heavy atom. The van der Waals surface area contributed by atoms with Crippen molar-refractivity contribution in [3.05, 3.63) is 45.8 Å². The molecule has 1 aromatic heterocycles. The number of anilines is 1. The van der Waals surface area contributed by atoms with Crippen molar-refractivity contribution < 1.29 is 19.1 Å². The number of rotatable bonds is 9. The molecule has 0 saturated heterocycles. The van der Waals surface area contributed by atoms with Crippen LogP contribution in [0.15, 0.2) is 24.3 Å². The van der Waals surface area contributed by atoms with Gasteiger partial charge in [-0.2, -0.15) is 0 Å². The molecule has 31 heavy (non-hydrogen) atoms. The molecule has 1 aromatic carbocycles. The van der Waals surface area contributed by atoms with Crippen LogP contribution in [0.25, 0.3) is 0 Å². The summed E-state index contributed by atoms with van der Waals surface area (Å²) in [5.74, 6) is 1.11. The second-order valence-electron chi connectivity index (χ2n) is 8.37. The number of nitrogens with one attached hydrogen (secondary N) is 1. The van der Waals surface area contributed by atoms with E-state index in [9.17, 15) is 9.59 Å². The van der Waals surface area contributed by atoms with Crippen LogP contribution in [0, 0.1) is 5.92 Å². The van der Waals surface area contributed by atoms with Crippen molar-refractivity contribution in [1.29, 1.82) is 0 Å². The predicted molar refractivity (Wildman–Crippen MR) is 125 cm³/mol. The third-order valence-electron chi connectivity index (χ3n) is 5.78. The lowest BCUT2D eigenvalue weighted by Gasteiger charge is -2.18. The molecule has 5 nitrogen and oxygen atoms in total. The molecule has 3 rings (SSSR count). The highest BCUT2D eigenvalue weighted by Gasteiger charge is 2.29. The molecule has 0 aliphatic heterocycles. The van der Waals surface area contributed by atoms with E-state index in [2.05, 4.69) is 38.2 Å². The Balaban J connectivity index is 1.65. The number of thiophene rings is 1. The summed E-state index contributed by atoms with van der Waals surface area (Å²) in [6, 6.07) is 7.93. The van der Waals surface area contributed by atoms with Crippen molar-refractivity contribution in [2.45, 2.75) is 65.7 Å². The molecule has 0 saturated carbocycles. The van der Waals surface area contributed by atoms with E-state index in [0.29, 0.717) is 34.8 Å². The Labute approximate surface area is 189 Å². The first-order chi connectivity index (χ1) is 14.9. The number of carbonyl (C=O) groups is 2. The van der Waals surface area contributed by atoms with Crippen molar-refractivity contribution in [2.24, 2.45) is 5.92 Å². The van der Waals surface area contributed by atoms with Crippen molar-refractivity contribution in [1.82, 2.24) is 0 Å². The van der Waals surface area contributed by atoms with Crippen molar-refractivity contribution in [2.75, 3.05) is 18.5 Å². The Morgan fingerprint density at radius 1 is 1.23 bits per heavy atom. The Kier molecular flexibility index (Phi) is 8.13. The van der Waals surface area contributed by atoms with Gasteiger partial charge in [0.2, 0.25) is 0 Å². The number of fused-ring (bicyclic) bond motifs is 1. The molecule has 2 aromatic rings. The highest BCUT2D eigenvalue weighted by atomic mass is 32.1. The smallest absolute Gasteiger partial charge is 0.341 e. The number of hydrogen-bond acceptors (Lipinski definition) is 5. The summed E-state index contributed by atoms with van der Waals surface area (Å²) in [7, 11) is 0. The van der Waals surface area contributed by atoms with Gasteiger partial charge in [-0.1, -0.05) is 39.3 Å². The normalized spacial score (nSPS) is 16.3. The fourth-order valence-corrected chi connectivity index (χ4v) is 5.48. The van der Waals surface area contributed by atoms with Crippen LogP contribution in [-0.4, -0.2) is 25.1 Å². The van der Waals surface area contributed by atoms with Crippen LogP contribution in [0.5, 0.6) is 5.75 Å². The van der Waals surface area contributed by atoms with E-state index in [1.54, 1.807) is 6.92 Å². The molecule has 1 amide bonds. The van der Waals surface area contributed by atoms with Gasteiger partial charge in [0.25, 0.3) is 5.91 Å². The van der Waals surface area contributed by atoms with E-state index in [1.807, 2.05) is 12.1 Å². The van der Waals surface area contributed by atoms with Gasteiger partial charge in [0.1, 0.15) is 10.8 Å². The summed E-state index contributed by atoms with van der Waals surface area (Å²) in [6.45, 7) is 8.61. The lowest BCUT2D eigenvalue weighted by Crippen LogP contribution is -2.21. The molecule has 1 N–H and O–H groups in total. The number of hydrogen-bond donors (Lipinski definition) is 1. The van der Waals surface area contributed by atoms with Crippen LogP contribution in [0.4, 0.5) is 5.00 Å². The minimum atomic E-state index is -0.359. The quantitative estimate of drug-likeness (QED) is 0.485. The summed E-state index contributed by atoms with van der Waals surface area (Å²) >= 11 is 1.49. The number of carbonyl (C=O) groups excluding carboxylic acids is 2. The summed E-state index contributed by atoms with van der Waals surface area (Å²) in [4.78, 5) is 26.3. The van der Waals surface area contributed by atoms with E-state index in [4.69, 9.17) is 9.47 Å². The molecule has 0 spiro atoms. The summed E-state index contributed by atoms with van der Waals surface area (Å²) < 4.78 is 10.9. The van der Waals surface area contributed by atoms with Crippen LogP contribution in [-0.2, 0) is 22.4 Å². The fraction of sp³-hybridized carbons (Fsp3) is 0.520. The van der Waals surface area contributed by atoms with Gasteiger partial charge in [0, 0.05) is 4.88 Å². The van der Waals surface area contributed by atoms with E-state index in [0.717, 1.165) is 37.7 Å². The largest absolute Gasteiger partial charge is 0.484 e. The third kappa shape index (κ3) is 5.88. The second kappa shape index (κ2) is 10.8. The van der Waals surface area contributed by atoms with Gasteiger partial charge >= 0.3 is 5.97 Å². The second-order valence-corrected chi connectivity index (χ2v) is 9.48. The maximum absolute atomic E-state index is 12.6. The zero-order chi connectivity index (χ0) is 22.4. The molecule has 168 valence electrons. The van der Waals surface area contributed by atoms with Gasteiger partial charge in [-0.25, -0.2) is 4.79 Å². The standard InChI is InChI=1S/C25H33NO4S/c1-5-7-17(4)18-9-11-19(12-10-18)30-15-22(27)26-24-23(25(28)29-6-2)20-13-8-16(3)14-21(20)31-24/h9-12,16-17H,5-8,13-15H2,1-4H3,(H,26,27). The molecule has 0 bridgehead atoms. The van der Waals surface area contributed by atoms with Gasteiger partial charge < -0.3 is 14.8 Å². The first-order valence-corrected chi connectivity index (χ1v) is 12.1. The zero-order valence-electron chi connectivity index (χ0n) is 19.0. The Morgan fingerprint density at radius 2 is 1.97 bits per heavy atom. The summed E-state index contributed by atoms with van der Waals surface area (Å²) in [6.07, 6.45) is 5.12. The monoisotopic (exact) mass is 443 g/mol. The van der Waals surface area contributed by atoms with Crippen molar-refractivity contribution >= 4 is 28.2 Å². The summed E-state index contributed by atoms with van der Waals surface area (Å²) in [5.41, 5.74) is 2.84. The molecule has 1 heterocycles. The molecule has 1 aliphatic carbocycles. The SMILES string of the molecule is CCCC(C)c1ccc(OCC(=O)Nc2sc3c(c2C(=O)OCC)CCC(C)C3)cc1. The molecule has 0 radical (unpaired) electrons. The van der Waals surface area contributed by atoms with E-state index in [1.165, 1.54) is 21.8 Å². The molecule has 6 heteroatoms. The van der Waals surface area contributed by atoms with Crippen LogP contribution >= 0.6 is 11.3 Å². The maximum Gasteiger partial charge on any atom is 0.341 e. The number of ether oxygens (including phenoxy) is 2. The first kappa shape index (κ1) is 23.3. The van der Waals surface area contributed by atoms with Crippen LogP contribution in [0.2, 0.25) is 0 Å². The van der Waals surface area contributed by atoms with E-state index < -0.39 is 0 Å². The zero-order valence-corrected chi connectivity index (χ0v) is 19.8. The van der Waals surface area contributed by atoms with Crippen LogP contribution < -0.4 is 10.1 Å². The topological polar surface area (TPSA) is 64.6 Å². The van der Waals surface area contributed by atoms with Crippen LogP contribution in [0.1, 0.15) is 79.2 Å². The lowest BCUT2D eigenvalue weighted by molar-refractivity contribution is -0.118. The molecular weight excluding hydrogens is 410 g/mol. The van der Waals surface area contributed by atoms with E-state index in [-0.39, 0.29) is 18.5 Å². The molecular formula is C25H33NO4S. The minimum absolute atomic E-state index is 0.106. The lowest BCUT2D eigenvalue weighted by atomic mass is 9.88. The van der Waals surface area contributed by atoms with E-state index >= 15 is 0 Å². The minimum Gasteiger partial charge on any atom is -0.484 e. The molecule has 2 unspecified atom stereocenters. The maximum atomic E-state index is 12.6. The van der Waals surface area contributed by atoms with Gasteiger partial charge in [-0.3, -0.25) is 4.79 Å².